The number of carbonyl (C=O) groups is 1. The van der Waals surface area contributed by atoms with Gasteiger partial charge < -0.3 is 15.4 Å². The number of hydrogen-bond acceptors (Lipinski definition) is 6. The number of ketones is 1. The fraction of sp³-hybridized carbons (Fsp3) is 0.118. The summed E-state index contributed by atoms with van der Waals surface area (Å²) in [5, 5.41) is 16.9. The Labute approximate surface area is 137 Å². The van der Waals surface area contributed by atoms with Crippen LogP contribution in [0.3, 0.4) is 0 Å². The highest BCUT2D eigenvalue weighted by Gasteiger charge is 2.39. The summed E-state index contributed by atoms with van der Waals surface area (Å²) in [6, 6.07) is 11.9. The third kappa shape index (κ3) is 2.10. The molecule has 0 amide bonds. The summed E-state index contributed by atoms with van der Waals surface area (Å²) in [7, 11) is 0. The number of non-ortho nitro benzene ring substituents is 1. The smallest absolute Gasteiger partial charge is 0.271 e. The van der Waals surface area contributed by atoms with Crippen molar-refractivity contribution in [1.82, 2.24) is 0 Å². The number of aryl methyl sites for hydroxylation is 1. The van der Waals surface area contributed by atoms with Crippen LogP contribution in [-0.4, -0.2) is 10.7 Å². The van der Waals surface area contributed by atoms with E-state index in [4.69, 9.17) is 4.74 Å². The number of nitro benzene ring substituents is 1. The number of anilines is 2. The largest absolute Gasteiger partial charge is 0.461 e. The number of ether oxygens (including phenoxy) is 1. The average molecular weight is 323 g/mol. The van der Waals surface area contributed by atoms with Gasteiger partial charge in [-0.3, -0.25) is 14.9 Å². The van der Waals surface area contributed by atoms with Crippen molar-refractivity contribution in [2.24, 2.45) is 0 Å². The maximum atomic E-state index is 12.7. The Hall–Kier alpha value is -3.35. The molecule has 2 heterocycles. The molecule has 24 heavy (non-hydrogen) atoms. The molecule has 0 fully saturated rings. The molecule has 120 valence electrons. The minimum atomic E-state index is -0.722. The number of nitro groups is 1. The molecule has 2 aromatic carbocycles. The topological polar surface area (TPSA) is 93.5 Å². The fourth-order valence-electron chi connectivity index (χ4n) is 2.88. The van der Waals surface area contributed by atoms with E-state index in [0.29, 0.717) is 23.0 Å². The molecular formula is C17H13N3O4. The summed E-state index contributed by atoms with van der Waals surface area (Å²) in [5.74, 6) is 0.122. The van der Waals surface area contributed by atoms with E-state index in [1.807, 2.05) is 31.2 Å². The second kappa shape index (κ2) is 5.09. The van der Waals surface area contributed by atoms with Gasteiger partial charge in [-0.2, -0.15) is 0 Å². The van der Waals surface area contributed by atoms with Crippen molar-refractivity contribution < 1.29 is 14.5 Å². The standard InChI is InChI=1S/C17H13N3O4/c1-9-4-2-3-5-11(9)16-15(21)14-17(24-16)19-13-8-10(20(22)23)6-7-12(13)18-14/h2-8,16,18-19H,1H3/t16-/m1/s1. The molecule has 0 radical (unpaired) electrons. The van der Waals surface area contributed by atoms with Gasteiger partial charge in [0.25, 0.3) is 5.69 Å². The molecule has 2 aliphatic heterocycles. The Kier molecular flexibility index (Phi) is 3.02. The molecule has 0 spiro atoms. The summed E-state index contributed by atoms with van der Waals surface area (Å²) in [5.41, 5.74) is 3.17. The monoisotopic (exact) mass is 323 g/mol. The van der Waals surface area contributed by atoms with Crippen molar-refractivity contribution in [2.75, 3.05) is 10.6 Å². The highest BCUT2D eigenvalue weighted by molar-refractivity contribution is 6.06. The van der Waals surface area contributed by atoms with Crippen LogP contribution in [0.4, 0.5) is 17.1 Å². The number of nitrogens with zero attached hydrogens (tertiary/aromatic N) is 1. The van der Waals surface area contributed by atoms with E-state index in [9.17, 15) is 14.9 Å². The van der Waals surface area contributed by atoms with Gasteiger partial charge >= 0.3 is 0 Å². The number of rotatable bonds is 2. The van der Waals surface area contributed by atoms with Crippen LogP contribution in [0, 0.1) is 17.0 Å². The van der Waals surface area contributed by atoms with E-state index < -0.39 is 11.0 Å². The number of carbonyl (C=O) groups excluding carboxylic acids is 1. The van der Waals surface area contributed by atoms with Crippen molar-refractivity contribution in [3.05, 3.63) is 75.3 Å². The molecule has 7 heteroatoms. The molecule has 0 aliphatic carbocycles. The van der Waals surface area contributed by atoms with Crippen molar-refractivity contribution >= 4 is 22.8 Å². The van der Waals surface area contributed by atoms with Crippen LogP contribution >= 0.6 is 0 Å². The summed E-state index contributed by atoms with van der Waals surface area (Å²) in [6.45, 7) is 1.92. The zero-order valence-electron chi connectivity index (χ0n) is 12.7. The molecule has 4 rings (SSSR count). The van der Waals surface area contributed by atoms with Crippen LogP contribution in [-0.2, 0) is 9.53 Å². The molecule has 2 aliphatic rings. The molecule has 0 bridgehead atoms. The maximum Gasteiger partial charge on any atom is 0.271 e. The van der Waals surface area contributed by atoms with Gasteiger partial charge in [-0.15, -0.1) is 0 Å². The van der Waals surface area contributed by atoms with E-state index in [1.54, 1.807) is 6.07 Å². The van der Waals surface area contributed by atoms with Crippen LogP contribution in [0.25, 0.3) is 0 Å². The van der Waals surface area contributed by atoms with E-state index in [1.165, 1.54) is 12.1 Å². The van der Waals surface area contributed by atoms with Crippen molar-refractivity contribution in [3.63, 3.8) is 0 Å². The second-order valence-electron chi connectivity index (χ2n) is 5.66. The molecule has 0 aromatic heterocycles. The lowest BCUT2D eigenvalue weighted by Gasteiger charge is -2.19. The molecule has 0 saturated carbocycles. The van der Waals surface area contributed by atoms with E-state index in [2.05, 4.69) is 10.6 Å². The predicted molar refractivity (Wildman–Crippen MR) is 87.4 cm³/mol. The number of fused-ring (bicyclic) bond motifs is 1. The number of benzene rings is 2. The highest BCUT2D eigenvalue weighted by atomic mass is 16.6. The van der Waals surface area contributed by atoms with Gasteiger partial charge in [-0.1, -0.05) is 24.3 Å². The molecule has 0 unspecified atom stereocenters. The van der Waals surface area contributed by atoms with Gasteiger partial charge in [0.1, 0.15) is 5.70 Å². The van der Waals surface area contributed by atoms with Gasteiger partial charge in [-0.25, -0.2) is 0 Å². The van der Waals surface area contributed by atoms with Crippen LogP contribution in [0.2, 0.25) is 0 Å². The molecule has 1 atom stereocenters. The Morgan fingerprint density at radius 1 is 1.12 bits per heavy atom. The first-order valence-corrected chi connectivity index (χ1v) is 7.38. The third-order valence-corrected chi connectivity index (χ3v) is 4.14. The van der Waals surface area contributed by atoms with Crippen LogP contribution in [0.1, 0.15) is 17.2 Å². The predicted octanol–water partition coefficient (Wildman–Crippen LogP) is 3.25. The summed E-state index contributed by atoms with van der Waals surface area (Å²) >= 11 is 0. The number of hydrogen-bond donors (Lipinski definition) is 2. The van der Waals surface area contributed by atoms with Crippen molar-refractivity contribution in [3.8, 4) is 0 Å². The Morgan fingerprint density at radius 3 is 2.67 bits per heavy atom. The lowest BCUT2D eigenvalue weighted by molar-refractivity contribution is -0.384. The van der Waals surface area contributed by atoms with Crippen LogP contribution in [0.15, 0.2) is 54.0 Å². The van der Waals surface area contributed by atoms with Crippen LogP contribution < -0.4 is 10.6 Å². The van der Waals surface area contributed by atoms with Gasteiger partial charge in [0.15, 0.2) is 6.10 Å². The summed E-state index contributed by atoms with van der Waals surface area (Å²) in [4.78, 5) is 23.1. The van der Waals surface area contributed by atoms with Crippen molar-refractivity contribution in [2.45, 2.75) is 13.0 Å². The van der Waals surface area contributed by atoms with Gasteiger partial charge in [0.05, 0.1) is 16.3 Å². The molecule has 0 saturated heterocycles. The summed E-state index contributed by atoms with van der Waals surface area (Å²) in [6.07, 6.45) is -0.722. The lowest BCUT2D eigenvalue weighted by Crippen LogP contribution is -2.18. The minimum Gasteiger partial charge on any atom is -0.461 e. The average Bonchev–Trinajstić information content (AvgIpc) is 2.89. The normalized spacial score (nSPS) is 18.2. The first-order chi connectivity index (χ1) is 11.5. The maximum absolute atomic E-state index is 12.7. The molecule has 7 nitrogen and oxygen atoms in total. The Bertz CT molecular complexity index is 920. The van der Waals surface area contributed by atoms with E-state index in [0.717, 1.165) is 11.1 Å². The first kappa shape index (κ1) is 14.3. The van der Waals surface area contributed by atoms with E-state index in [-0.39, 0.29) is 11.5 Å². The lowest BCUT2D eigenvalue weighted by atomic mass is 10.00. The molecular weight excluding hydrogens is 310 g/mol. The van der Waals surface area contributed by atoms with E-state index >= 15 is 0 Å². The highest BCUT2D eigenvalue weighted by Crippen LogP contribution is 2.41. The Morgan fingerprint density at radius 2 is 1.92 bits per heavy atom. The Balaban J connectivity index is 1.67. The van der Waals surface area contributed by atoms with Crippen molar-refractivity contribution in [1.29, 1.82) is 0 Å². The molecule has 2 aromatic rings. The third-order valence-electron chi connectivity index (χ3n) is 4.14. The quantitative estimate of drug-likeness (QED) is 0.651. The minimum absolute atomic E-state index is 0.0353. The summed E-state index contributed by atoms with van der Waals surface area (Å²) < 4.78 is 5.79. The zero-order valence-corrected chi connectivity index (χ0v) is 12.7. The fourth-order valence-corrected chi connectivity index (χ4v) is 2.88. The van der Waals surface area contributed by atoms with Gasteiger partial charge in [-0.05, 0) is 18.6 Å². The second-order valence-corrected chi connectivity index (χ2v) is 5.66. The zero-order chi connectivity index (χ0) is 16.8. The number of Topliss-reactive ketones (excluding diaryl/α,β-unsaturated/α-hetero) is 1. The van der Waals surface area contributed by atoms with Gasteiger partial charge in [0, 0.05) is 17.7 Å². The number of nitrogens with one attached hydrogen (secondary N) is 2. The first-order valence-electron chi connectivity index (χ1n) is 7.38. The van der Waals surface area contributed by atoms with Crippen LogP contribution in [0.5, 0.6) is 0 Å². The SMILES string of the molecule is Cc1ccccc1[C@H]1OC2=C(Nc3ccc([N+](=O)[O-])cc3N2)C1=O. The van der Waals surface area contributed by atoms with Gasteiger partial charge in [0.2, 0.25) is 11.7 Å². The molecule has 2 N–H and O–H groups in total.